The average molecular weight is 362 g/mol. The highest BCUT2D eigenvalue weighted by Crippen LogP contribution is 2.25. The lowest BCUT2D eigenvalue weighted by atomic mass is 10.1. The summed E-state index contributed by atoms with van der Waals surface area (Å²) in [6.45, 7) is -0.00607. The molecule has 0 aliphatic carbocycles. The third-order valence-electron chi connectivity index (χ3n) is 3.77. The van der Waals surface area contributed by atoms with Gasteiger partial charge in [-0.2, -0.15) is 8.78 Å². The molecule has 2 rings (SSSR count). The van der Waals surface area contributed by atoms with Crippen molar-refractivity contribution in [1.82, 2.24) is 10.2 Å². The van der Waals surface area contributed by atoms with Gasteiger partial charge < -0.3 is 19.7 Å². The Labute approximate surface area is 144 Å². The van der Waals surface area contributed by atoms with Crippen molar-refractivity contribution in [3.63, 3.8) is 0 Å². The van der Waals surface area contributed by atoms with Crippen molar-refractivity contribution in [3.8, 4) is 0 Å². The van der Waals surface area contributed by atoms with Gasteiger partial charge in [-0.3, -0.25) is 0 Å². The van der Waals surface area contributed by atoms with Gasteiger partial charge in [-0.25, -0.2) is 8.78 Å². The molecular formula is C17H22F4N2O2. The monoisotopic (exact) mass is 362 g/mol. The molecule has 140 valence electrons. The summed E-state index contributed by atoms with van der Waals surface area (Å²) in [5.74, 6) is -4.13. The number of alkyl halides is 4. The molecule has 0 saturated carbocycles. The van der Waals surface area contributed by atoms with Gasteiger partial charge in [-0.05, 0) is 23.6 Å². The maximum atomic E-state index is 12.9. The summed E-state index contributed by atoms with van der Waals surface area (Å²) < 4.78 is 59.8. The van der Waals surface area contributed by atoms with Crippen LogP contribution in [0.25, 0.3) is 0 Å². The van der Waals surface area contributed by atoms with Crippen LogP contribution in [0.5, 0.6) is 0 Å². The first-order valence-corrected chi connectivity index (χ1v) is 7.94. The van der Waals surface area contributed by atoms with Crippen LogP contribution in [0.2, 0.25) is 0 Å². The Morgan fingerprint density at radius 2 is 2.12 bits per heavy atom. The van der Waals surface area contributed by atoms with Gasteiger partial charge in [0.2, 0.25) is 0 Å². The zero-order chi connectivity index (χ0) is 18.3. The molecule has 0 fully saturated rings. The van der Waals surface area contributed by atoms with E-state index in [2.05, 4.69) is 10.2 Å². The van der Waals surface area contributed by atoms with E-state index in [0.717, 1.165) is 18.5 Å². The molecule has 8 heteroatoms. The second-order valence-corrected chi connectivity index (χ2v) is 5.77. The van der Waals surface area contributed by atoms with E-state index in [9.17, 15) is 17.6 Å². The Morgan fingerprint density at radius 1 is 1.32 bits per heavy atom. The average Bonchev–Trinajstić information content (AvgIpc) is 3.03. The summed E-state index contributed by atoms with van der Waals surface area (Å²) in [7, 11) is 1.65. The number of ether oxygens (including phenoxy) is 2. The fourth-order valence-corrected chi connectivity index (χ4v) is 2.52. The normalized spacial score (nSPS) is 17.4. The van der Waals surface area contributed by atoms with Crippen LogP contribution in [0, 0.1) is 0 Å². The van der Waals surface area contributed by atoms with Crippen molar-refractivity contribution in [1.29, 1.82) is 0 Å². The smallest absolute Gasteiger partial charge is 0.330 e. The van der Waals surface area contributed by atoms with Crippen LogP contribution in [0.3, 0.4) is 0 Å². The number of methoxy groups -OCH3 is 1. The zero-order valence-corrected chi connectivity index (χ0v) is 13.9. The summed E-state index contributed by atoms with van der Waals surface area (Å²) >= 11 is 0. The van der Waals surface area contributed by atoms with E-state index in [4.69, 9.17) is 9.47 Å². The number of halogens is 4. The highest BCUT2D eigenvalue weighted by Gasteiger charge is 2.40. The molecule has 0 spiro atoms. The van der Waals surface area contributed by atoms with Gasteiger partial charge >= 0.3 is 12.3 Å². The Kier molecular flexibility index (Phi) is 7.07. The van der Waals surface area contributed by atoms with Crippen molar-refractivity contribution in [2.45, 2.75) is 31.5 Å². The summed E-state index contributed by atoms with van der Waals surface area (Å²) in [6.07, 6.45) is 0.841. The molecule has 1 aliphatic heterocycles. The molecule has 25 heavy (non-hydrogen) atoms. The van der Waals surface area contributed by atoms with E-state index >= 15 is 0 Å². The molecule has 0 saturated heterocycles. The molecule has 1 aliphatic rings. The minimum Gasteiger partial charge on any atom is -0.385 e. The molecule has 0 bridgehead atoms. The molecular weight excluding hydrogens is 340 g/mol. The lowest BCUT2D eigenvalue weighted by molar-refractivity contribution is -0.168. The minimum absolute atomic E-state index is 0.0701. The van der Waals surface area contributed by atoms with Gasteiger partial charge in [-0.1, -0.05) is 18.2 Å². The van der Waals surface area contributed by atoms with Gasteiger partial charge in [0, 0.05) is 32.7 Å². The second kappa shape index (κ2) is 9.05. The first kappa shape index (κ1) is 19.5. The number of hydrogen-bond donors (Lipinski definition) is 1. The van der Waals surface area contributed by atoms with E-state index in [1.54, 1.807) is 19.2 Å². The van der Waals surface area contributed by atoms with Crippen molar-refractivity contribution in [2.75, 3.05) is 26.9 Å². The minimum atomic E-state index is -4.13. The maximum Gasteiger partial charge on any atom is 0.330 e. The molecule has 0 radical (unpaired) electrons. The molecule has 1 atom stereocenters. The van der Waals surface area contributed by atoms with Gasteiger partial charge in [0.25, 0.3) is 0 Å². The number of hydrogen-bond acceptors (Lipinski definition) is 4. The Morgan fingerprint density at radius 3 is 2.84 bits per heavy atom. The number of nitrogens with zero attached hydrogens (tertiary/aromatic N) is 1. The molecule has 1 aromatic rings. The van der Waals surface area contributed by atoms with E-state index in [-0.39, 0.29) is 12.8 Å². The van der Waals surface area contributed by atoms with Crippen LogP contribution < -0.4 is 5.32 Å². The molecule has 0 amide bonds. The lowest BCUT2D eigenvalue weighted by Gasteiger charge is -2.26. The van der Waals surface area contributed by atoms with Crippen LogP contribution in [0.15, 0.2) is 36.7 Å². The highest BCUT2D eigenvalue weighted by atomic mass is 19.3. The van der Waals surface area contributed by atoms with Gasteiger partial charge in [-0.15, -0.1) is 0 Å². The first-order valence-electron chi connectivity index (χ1n) is 7.94. The molecule has 1 unspecified atom stereocenters. The molecule has 1 N–H and O–H groups in total. The van der Waals surface area contributed by atoms with E-state index in [1.165, 1.54) is 0 Å². The summed E-state index contributed by atoms with van der Waals surface area (Å²) in [4.78, 5) is 2.10. The van der Waals surface area contributed by atoms with Gasteiger partial charge in [0.15, 0.2) is 0 Å². The van der Waals surface area contributed by atoms with Crippen LogP contribution in [-0.4, -0.2) is 44.1 Å². The van der Waals surface area contributed by atoms with Gasteiger partial charge in [0.1, 0.15) is 12.8 Å². The van der Waals surface area contributed by atoms with E-state index in [1.807, 2.05) is 24.5 Å². The third-order valence-corrected chi connectivity index (χ3v) is 3.77. The topological polar surface area (TPSA) is 33.7 Å². The number of rotatable bonds is 10. The fraction of sp³-hybridized carbons (Fsp3) is 0.529. The summed E-state index contributed by atoms with van der Waals surface area (Å²) in [5, 5.41) is 3.22. The predicted molar refractivity (Wildman–Crippen MR) is 85.3 cm³/mol. The van der Waals surface area contributed by atoms with E-state index in [0.29, 0.717) is 12.2 Å². The third kappa shape index (κ3) is 5.61. The Hall–Kier alpha value is -1.80. The highest BCUT2D eigenvalue weighted by molar-refractivity contribution is 5.27. The largest absolute Gasteiger partial charge is 0.385 e. The Bertz CT molecular complexity index is 569. The fourth-order valence-electron chi connectivity index (χ4n) is 2.52. The van der Waals surface area contributed by atoms with Gasteiger partial charge in [0.05, 0.1) is 6.61 Å². The summed E-state index contributed by atoms with van der Waals surface area (Å²) in [6, 6.07) is 7.22. The molecule has 4 nitrogen and oxygen atoms in total. The van der Waals surface area contributed by atoms with Crippen molar-refractivity contribution in [2.24, 2.45) is 0 Å². The van der Waals surface area contributed by atoms with Crippen LogP contribution in [0.1, 0.15) is 23.7 Å². The van der Waals surface area contributed by atoms with Crippen molar-refractivity contribution < 1.29 is 27.0 Å². The number of benzene rings is 1. The van der Waals surface area contributed by atoms with Crippen molar-refractivity contribution >= 4 is 0 Å². The molecule has 1 heterocycles. The SMILES string of the molecule is COCCCN1C=CNC1c1cccc(COCC(F)(F)C(F)F)c1. The standard InChI is InChI=1S/C17H22F4N2O2/c1-24-9-3-7-23-8-6-22-15(23)14-5-2-4-13(10-14)11-25-12-17(20,21)16(18)19/h2,4-6,8,10,15-16,22H,3,7,9,11-12H2,1H3. The first-order chi connectivity index (χ1) is 11.9. The molecule has 0 aromatic heterocycles. The van der Waals surface area contributed by atoms with E-state index < -0.39 is 19.0 Å². The Balaban J connectivity index is 1.92. The molecule has 1 aromatic carbocycles. The zero-order valence-electron chi connectivity index (χ0n) is 13.9. The van der Waals surface area contributed by atoms with Crippen LogP contribution >= 0.6 is 0 Å². The summed E-state index contributed by atoms with van der Waals surface area (Å²) in [5.41, 5.74) is 1.58. The second-order valence-electron chi connectivity index (χ2n) is 5.77. The quantitative estimate of drug-likeness (QED) is 0.510. The lowest BCUT2D eigenvalue weighted by Crippen LogP contribution is -2.32. The maximum absolute atomic E-state index is 12.9. The predicted octanol–water partition coefficient (Wildman–Crippen LogP) is 3.52. The van der Waals surface area contributed by atoms with Crippen molar-refractivity contribution in [3.05, 3.63) is 47.8 Å². The van der Waals surface area contributed by atoms with Crippen LogP contribution in [0.4, 0.5) is 17.6 Å². The number of nitrogens with one attached hydrogen (secondary N) is 1. The van der Waals surface area contributed by atoms with Crippen LogP contribution in [-0.2, 0) is 16.1 Å².